The third-order valence-electron chi connectivity index (χ3n) is 0.189. The molecule has 0 rings (SSSR count). The van der Waals surface area contributed by atoms with Crippen molar-refractivity contribution in [3.8, 4) is 0 Å². The van der Waals surface area contributed by atoms with E-state index in [0.717, 1.165) is 7.11 Å². The summed E-state index contributed by atoms with van der Waals surface area (Å²) in [6, 6.07) is 0. The Kier molecular flexibility index (Phi) is 7.23. The fraction of sp³-hybridized carbons (Fsp3) is 1.00. The number of hydrogen-bond acceptors (Lipinski definition) is 4. The number of rotatable bonds is 1. The van der Waals surface area contributed by atoms with Gasteiger partial charge >= 0.3 is 20.1 Å². The topological polar surface area (TPSA) is 78.4 Å². The predicted octanol–water partition coefficient (Wildman–Crippen LogP) is -6.85. The first kappa shape index (κ1) is 11.4. The molecule has 0 saturated carbocycles. The molecule has 0 aliphatic rings. The monoisotopic (exact) mass is 229 g/mol. The van der Waals surface area contributed by atoms with Gasteiger partial charge in [0.25, 0.3) is 0 Å². The van der Waals surface area contributed by atoms with Crippen LogP contribution in [-0.4, -0.2) is 36.7 Å². The normalized spacial score (nSPS) is 10.3. The summed E-state index contributed by atoms with van der Waals surface area (Å²) in [5, 5.41) is 0. The summed E-state index contributed by atoms with van der Waals surface area (Å²) >= 11 is -5.23. The molecule has 0 amide bonds. The molecule has 6 heteroatoms. The Balaban J connectivity index is 0. The van der Waals surface area contributed by atoms with Crippen molar-refractivity contribution in [1.29, 1.82) is 0 Å². The summed E-state index contributed by atoms with van der Waals surface area (Å²) in [7, 11) is 0.851. The van der Waals surface area contributed by atoms with Gasteiger partial charge in [0.1, 0.15) is 0 Å². The molecule has 0 unspecified atom stereocenters. The molecule has 7 heavy (non-hydrogen) atoms. The molecule has 39 valence electrons. The van der Waals surface area contributed by atoms with Crippen molar-refractivity contribution >= 4 is 29.6 Å². The van der Waals surface area contributed by atoms with Gasteiger partial charge in [-0.2, -0.15) is 0 Å². The second-order valence-corrected chi connectivity index (χ2v) is 3.57. The second kappa shape index (κ2) is 4.45. The Morgan fingerprint density at radius 2 is 1.43 bits per heavy atom. The van der Waals surface area contributed by atoms with Gasteiger partial charge in [-0.15, -0.1) is 0 Å². The zero-order valence-electron chi connectivity index (χ0n) is 4.01. The van der Waals surface area contributed by atoms with Crippen LogP contribution >= 0.6 is 0 Å². The van der Waals surface area contributed by atoms with Crippen LogP contribution in [0, 0.1) is 0 Å². The predicted molar refractivity (Wildman–Crippen MR) is 12.8 cm³/mol. The fourth-order valence-electron chi connectivity index (χ4n) is 0. The summed E-state index contributed by atoms with van der Waals surface area (Å²) in [4.78, 5) is 0. The molecule has 0 aliphatic heterocycles. The van der Waals surface area contributed by atoms with Gasteiger partial charge in [0.15, 0.2) is 7.11 Å². The van der Waals surface area contributed by atoms with E-state index in [9.17, 15) is 10.3 Å². The van der Waals surface area contributed by atoms with Gasteiger partial charge in [0.05, 0.1) is 0 Å². The van der Waals surface area contributed by atoms with E-state index in [-0.39, 0.29) is 29.6 Å². The van der Waals surface area contributed by atoms with Gasteiger partial charge in [-0.05, 0) is 0 Å². The smallest absolute Gasteiger partial charge is 0.256 e. The first-order chi connectivity index (χ1) is 2.56. The Morgan fingerprint density at radius 3 is 1.43 bits per heavy atom. The molecule has 0 aliphatic carbocycles. The third-order valence-corrected chi connectivity index (χ3v) is 1.27. The van der Waals surface area contributed by atoms with E-state index in [2.05, 4.69) is 3.07 Å². The van der Waals surface area contributed by atoms with E-state index >= 15 is 0 Å². The molecule has 0 N–H and O–H groups in total. The van der Waals surface area contributed by atoms with Crippen LogP contribution < -0.4 is 30.4 Å². The second-order valence-electron chi connectivity index (χ2n) is 0.532. The van der Waals surface area contributed by atoms with Crippen LogP contribution in [0.3, 0.4) is 0 Å². The van der Waals surface area contributed by atoms with Crippen LogP contribution in [0.5, 0.6) is 0 Å². The fourth-order valence-corrected chi connectivity index (χ4v) is 0. The Labute approximate surface area is 69.5 Å². The maximum atomic E-state index is 9.32. The van der Waals surface area contributed by atoms with Gasteiger partial charge in [0.2, 0.25) is 0 Å². The molecule has 0 spiro atoms. The molecule has 4 nitrogen and oxygen atoms in total. The van der Waals surface area contributed by atoms with Gasteiger partial charge in [0, 0.05) is 32.6 Å². The maximum absolute atomic E-state index is 9.32. The minimum absolute atomic E-state index is 0. The van der Waals surface area contributed by atoms with E-state index in [1.54, 1.807) is 0 Å². The zero-order valence-corrected chi connectivity index (χ0v) is 8.17. The summed E-state index contributed by atoms with van der Waals surface area (Å²) in [5.41, 5.74) is 0. The van der Waals surface area contributed by atoms with Crippen molar-refractivity contribution in [3.05, 3.63) is 0 Å². The molecule has 0 heterocycles. The first-order valence-corrected chi connectivity index (χ1v) is 4.55. The van der Waals surface area contributed by atoms with Crippen LogP contribution in [-0.2, 0) is 3.07 Å². The quantitative estimate of drug-likeness (QED) is 0.330. The Hall–Kier alpha value is 1.57. The van der Waals surface area contributed by atoms with Crippen LogP contribution in [0.2, 0.25) is 0 Å². The van der Waals surface area contributed by atoms with Crippen LogP contribution in [0.15, 0.2) is 0 Å². The average Bonchev–Trinajstić information content (AvgIpc) is 1.35. The SMILES string of the molecule is CO[I+3]([O-])([O-])[O-].[Na]. The standard InChI is InChI=1S/CH3IO4.Na/c1-6-2(3,4)5;/h1H3;. The Bertz CT molecular complexity index is 41.4. The summed E-state index contributed by atoms with van der Waals surface area (Å²) in [6.45, 7) is 0. The van der Waals surface area contributed by atoms with Crippen molar-refractivity contribution < 1.29 is 33.5 Å². The molecule has 1 radical (unpaired) electrons. The largest absolute Gasteiger partial charge is 0.372 e. The third kappa shape index (κ3) is 11.2. The minimum atomic E-state index is -5.23. The molecule has 0 aromatic carbocycles. The molecule has 0 bridgehead atoms. The molecular weight excluding hydrogens is 226 g/mol. The average molecular weight is 229 g/mol. The van der Waals surface area contributed by atoms with E-state index in [0.29, 0.717) is 0 Å². The Morgan fingerprint density at radius 1 is 1.29 bits per heavy atom. The van der Waals surface area contributed by atoms with Crippen LogP contribution in [0.1, 0.15) is 0 Å². The molecular formula is CH3INaO4. The molecule has 0 aromatic heterocycles. The molecule has 0 aromatic rings. The minimum Gasteiger partial charge on any atom is -0.256 e. The first-order valence-electron chi connectivity index (χ1n) is 1.03. The summed E-state index contributed by atoms with van der Waals surface area (Å²) in [5.74, 6) is 0. The number of halogens is 1. The van der Waals surface area contributed by atoms with Crippen molar-refractivity contribution in [2.24, 2.45) is 0 Å². The van der Waals surface area contributed by atoms with Gasteiger partial charge in [-0.25, -0.2) is 0 Å². The maximum Gasteiger partial charge on any atom is 0.372 e. The molecule has 0 saturated heterocycles. The summed E-state index contributed by atoms with van der Waals surface area (Å²) < 4.78 is 31.4. The van der Waals surface area contributed by atoms with Crippen molar-refractivity contribution in [1.82, 2.24) is 0 Å². The van der Waals surface area contributed by atoms with Crippen molar-refractivity contribution in [3.63, 3.8) is 0 Å². The van der Waals surface area contributed by atoms with Crippen molar-refractivity contribution in [2.45, 2.75) is 0 Å². The molecule has 0 atom stereocenters. The zero-order chi connectivity index (χ0) is 5.21. The van der Waals surface area contributed by atoms with E-state index < -0.39 is 20.1 Å². The van der Waals surface area contributed by atoms with Crippen molar-refractivity contribution in [2.75, 3.05) is 7.11 Å². The van der Waals surface area contributed by atoms with E-state index in [1.807, 2.05) is 0 Å². The van der Waals surface area contributed by atoms with Crippen LogP contribution in [0.25, 0.3) is 0 Å². The summed E-state index contributed by atoms with van der Waals surface area (Å²) in [6.07, 6.45) is 0. The number of hydrogen-bond donors (Lipinski definition) is 0. The van der Waals surface area contributed by atoms with E-state index in [4.69, 9.17) is 0 Å². The van der Waals surface area contributed by atoms with Gasteiger partial charge < -0.3 is 0 Å². The van der Waals surface area contributed by atoms with E-state index in [1.165, 1.54) is 0 Å². The van der Waals surface area contributed by atoms with Gasteiger partial charge in [-0.3, -0.25) is 10.3 Å². The molecule has 0 fully saturated rings. The van der Waals surface area contributed by atoms with Gasteiger partial charge in [-0.1, -0.05) is 0 Å². The van der Waals surface area contributed by atoms with Crippen LogP contribution in [0.4, 0.5) is 0 Å².